The van der Waals surface area contributed by atoms with Crippen LogP contribution < -0.4 is 5.32 Å². The summed E-state index contributed by atoms with van der Waals surface area (Å²) < 4.78 is 18.0. The van der Waals surface area contributed by atoms with E-state index in [2.05, 4.69) is 15.0 Å². The van der Waals surface area contributed by atoms with Gasteiger partial charge in [-0.15, -0.1) is 0 Å². The van der Waals surface area contributed by atoms with Gasteiger partial charge in [0.15, 0.2) is 5.69 Å². The highest BCUT2D eigenvalue weighted by atomic mass is 19.1. The highest BCUT2D eigenvalue weighted by molar-refractivity contribution is 6.03. The minimum atomic E-state index is -1.25. The lowest BCUT2D eigenvalue weighted by atomic mass is 10.2. The molecule has 2 rings (SSSR count). The molecule has 0 saturated carbocycles. The van der Waals surface area contributed by atoms with E-state index >= 15 is 0 Å². The van der Waals surface area contributed by atoms with E-state index in [0.29, 0.717) is 0 Å². The van der Waals surface area contributed by atoms with E-state index in [1.807, 2.05) is 0 Å². The predicted octanol–water partition coefficient (Wildman–Crippen LogP) is 1.76. The number of rotatable bonds is 3. The fourth-order valence-electron chi connectivity index (χ4n) is 1.27. The molecule has 0 radical (unpaired) electrons. The van der Waals surface area contributed by atoms with E-state index in [-0.39, 0.29) is 16.9 Å². The van der Waals surface area contributed by atoms with Crippen molar-refractivity contribution in [2.45, 2.75) is 0 Å². The molecule has 1 amide bonds. The molecule has 0 aliphatic carbocycles. The highest BCUT2D eigenvalue weighted by Crippen LogP contribution is 2.16. The fraction of sp³-hybridized carbons (Fsp3) is 0. The zero-order chi connectivity index (χ0) is 13.1. The Labute approximate surface area is 100 Å². The lowest BCUT2D eigenvalue weighted by Gasteiger charge is -2.04. The first-order valence-electron chi connectivity index (χ1n) is 4.82. The topological polar surface area (TPSA) is 92.4 Å². The number of benzene rings is 1. The molecule has 0 aliphatic rings. The van der Waals surface area contributed by atoms with Gasteiger partial charge in [0.1, 0.15) is 12.1 Å². The number of carbonyl (C=O) groups is 2. The van der Waals surface area contributed by atoms with E-state index in [4.69, 9.17) is 5.11 Å². The van der Waals surface area contributed by atoms with Crippen molar-refractivity contribution in [1.29, 1.82) is 0 Å². The number of nitrogens with one attached hydrogen (secondary N) is 1. The Morgan fingerprint density at radius 2 is 2.11 bits per heavy atom. The third-order valence-electron chi connectivity index (χ3n) is 2.13. The molecule has 1 heterocycles. The summed E-state index contributed by atoms with van der Waals surface area (Å²) in [6, 6.07) is 4.49. The van der Waals surface area contributed by atoms with Crippen LogP contribution in [0.4, 0.5) is 10.1 Å². The van der Waals surface area contributed by atoms with Gasteiger partial charge in [0.05, 0.1) is 11.3 Å². The van der Waals surface area contributed by atoms with Crippen LogP contribution in [-0.2, 0) is 0 Å². The summed E-state index contributed by atoms with van der Waals surface area (Å²) >= 11 is 0. The third kappa shape index (κ3) is 2.34. The van der Waals surface area contributed by atoms with Crippen LogP contribution >= 0.6 is 0 Å². The summed E-state index contributed by atoms with van der Waals surface area (Å²) in [7, 11) is 0. The Morgan fingerprint density at radius 1 is 1.33 bits per heavy atom. The van der Waals surface area contributed by atoms with Crippen molar-refractivity contribution in [2.75, 3.05) is 5.32 Å². The van der Waals surface area contributed by atoms with Crippen LogP contribution in [0, 0.1) is 5.82 Å². The fourth-order valence-corrected chi connectivity index (χ4v) is 1.27. The third-order valence-corrected chi connectivity index (χ3v) is 2.13. The van der Waals surface area contributed by atoms with Gasteiger partial charge in [0.25, 0.3) is 5.91 Å². The first kappa shape index (κ1) is 11.8. The monoisotopic (exact) mass is 250 g/mol. The lowest BCUT2D eigenvalue weighted by molar-refractivity contribution is 0.0696. The lowest BCUT2D eigenvalue weighted by Crippen LogP contribution is -2.13. The summed E-state index contributed by atoms with van der Waals surface area (Å²) in [4.78, 5) is 22.1. The van der Waals surface area contributed by atoms with Crippen molar-refractivity contribution in [3.8, 4) is 0 Å². The van der Waals surface area contributed by atoms with Crippen LogP contribution in [0.3, 0.4) is 0 Å². The number of aromatic nitrogens is 1. The van der Waals surface area contributed by atoms with Gasteiger partial charge in [-0.3, -0.25) is 4.79 Å². The Balaban J connectivity index is 2.20. The van der Waals surface area contributed by atoms with Crippen molar-refractivity contribution in [3.05, 3.63) is 47.6 Å². The Hall–Kier alpha value is -2.70. The molecular formula is C11H7FN2O4. The quantitative estimate of drug-likeness (QED) is 0.865. The Bertz CT molecular complexity index is 595. The largest absolute Gasteiger partial charge is 0.478 e. The molecule has 2 aromatic rings. The molecule has 0 unspecified atom stereocenters. The maximum absolute atomic E-state index is 13.5. The second-order valence-corrected chi connectivity index (χ2v) is 3.34. The predicted molar refractivity (Wildman–Crippen MR) is 57.8 cm³/mol. The van der Waals surface area contributed by atoms with Crippen LogP contribution in [0.2, 0.25) is 0 Å². The van der Waals surface area contributed by atoms with Crippen LogP contribution in [0.25, 0.3) is 0 Å². The molecule has 2 N–H and O–H groups in total. The van der Waals surface area contributed by atoms with Crippen molar-refractivity contribution >= 4 is 17.6 Å². The van der Waals surface area contributed by atoms with Gasteiger partial charge < -0.3 is 14.9 Å². The summed E-state index contributed by atoms with van der Waals surface area (Å²) in [6.45, 7) is 0. The molecule has 0 fully saturated rings. The van der Waals surface area contributed by atoms with Gasteiger partial charge >= 0.3 is 5.97 Å². The second-order valence-electron chi connectivity index (χ2n) is 3.34. The number of hydrogen-bond acceptors (Lipinski definition) is 4. The zero-order valence-corrected chi connectivity index (χ0v) is 8.88. The SMILES string of the molecule is O=C(O)c1ccc(NC(=O)c2ccon2)c(F)c1. The maximum Gasteiger partial charge on any atom is 0.335 e. The number of nitrogens with zero attached hydrogens (tertiary/aromatic N) is 1. The smallest absolute Gasteiger partial charge is 0.335 e. The first-order chi connectivity index (χ1) is 8.58. The molecule has 1 aromatic heterocycles. The molecule has 0 bridgehead atoms. The molecule has 0 aliphatic heterocycles. The average Bonchev–Trinajstić information content (AvgIpc) is 2.85. The number of halogens is 1. The van der Waals surface area contributed by atoms with Crippen molar-refractivity contribution in [1.82, 2.24) is 5.16 Å². The average molecular weight is 250 g/mol. The number of hydrogen-bond donors (Lipinski definition) is 2. The van der Waals surface area contributed by atoms with E-state index < -0.39 is 17.7 Å². The normalized spacial score (nSPS) is 10.1. The molecule has 0 spiro atoms. The van der Waals surface area contributed by atoms with Gasteiger partial charge in [-0.1, -0.05) is 5.16 Å². The minimum Gasteiger partial charge on any atom is -0.478 e. The van der Waals surface area contributed by atoms with Gasteiger partial charge in [-0.25, -0.2) is 9.18 Å². The number of aromatic carboxylic acids is 1. The highest BCUT2D eigenvalue weighted by Gasteiger charge is 2.13. The number of carboxylic acids is 1. The first-order valence-corrected chi connectivity index (χ1v) is 4.82. The van der Waals surface area contributed by atoms with E-state index in [0.717, 1.165) is 12.1 Å². The minimum absolute atomic E-state index is 0.00305. The molecule has 6 nitrogen and oxygen atoms in total. The molecule has 18 heavy (non-hydrogen) atoms. The maximum atomic E-state index is 13.5. The van der Waals surface area contributed by atoms with Crippen LogP contribution in [0.1, 0.15) is 20.8 Å². The number of anilines is 1. The molecule has 1 aromatic carbocycles. The van der Waals surface area contributed by atoms with Gasteiger partial charge in [0, 0.05) is 6.07 Å². The van der Waals surface area contributed by atoms with Crippen molar-refractivity contribution in [2.24, 2.45) is 0 Å². The second kappa shape index (κ2) is 4.66. The molecule has 7 heteroatoms. The van der Waals surface area contributed by atoms with E-state index in [1.165, 1.54) is 18.4 Å². The van der Waals surface area contributed by atoms with Gasteiger partial charge in [-0.05, 0) is 18.2 Å². The summed E-state index contributed by atoms with van der Waals surface area (Å²) in [5, 5.41) is 14.3. The number of amides is 1. The van der Waals surface area contributed by atoms with Crippen molar-refractivity contribution in [3.63, 3.8) is 0 Å². The molecule has 0 saturated heterocycles. The van der Waals surface area contributed by atoms with Gasteiger partial charge in [-0.2, -0.15) is 0 Å². The molecular weight excluding hydrogens is 243 g/mol. The summed E-state index contributed by atoms with van der Waals surface area (Å²) in [6.07, 6.45) is 1.21. The van der Waals surface area contributed by atoms with Crippen LogP contribution in [0.5, 0.6) is 0 Å². The van der Waals surface area contributed by atoms with E-state index in [1.54, 1.807) is 0 Å². The molecule has 92 valence electrons. The van der Waals surface area contributed by atoms with Crippen molar-refractivity contribution < 1.29 is 23.6 Å². The number of carbonyl (C=O) groups excluding carboxylic acids is 1. The summed E-state index contributed by atoms with van der Waals surface area (Å²) in [5.41, 5.74) is -0.336. The molecule has 0 atom stereocenters. The van der Waals surface area contributed by atoms with Gasteiger partial charge in [0.2, 0.25) is 0 Å². The van der Waals surface area contributed by atoms with Crippen LogP contribution in [0.15, 0.2) is 35.1 Å². The zero-order valence-electron chi connectivity index (χ0n) is 8.88. The number of carboxylic acid groups (broad SMARTS) is 1. The summed E-state index contributed by atoms with van der Waals surface area (Å²) in [5.74, 6) is -2.74. The standard InChI is InChI=1S/C11H7FN2O4/c12-7-5-6(11(16)17)1-2-8(7)13-10(15)9-3-4-18-14-9/h1-5H,(H,13,15)(H,16,17). The Morgan fingerprint density at radius 3 is 2.67 bits per heavy atom. The Kier molecular flexibility index (Phi) is 3.05. The van der Waals surface area contributed by atoms with E-state index in [9.17, 15) is 14.0 Å². The van der Waals surface area contributed by atoms with Crippen LogP contribution in [-0.4, -0.2) is 22.1 Å².